The molecule has 0 spiro atoms. The molecule has 0 aromatic carbocycles. The van der Waals surface area contributed by atoms with Gasteiger partial charge in [-0.2, -0.15) is 13.2 Å². The van der Waals surface area contributed by atoms with Crippen molar-refractivity contribution in [3.8, 4) is 0 Å². The minimum Gasteiger partial charge on any atom is -0.308 e. The van der Waals surface area contributed by atoms with Gasteiger partial charge >= 0.3 is 5.51 Å². The van der Waals surface area contributed by atoms with Crippen molar-refractivity contribution in [2.75, 3.05) is 25.4 Å². The monoisotopic (exact) mass is 326 g/mol. The summed E-state index contributed by atoms with van der Waals surface area (Å²) in [5.41, 5.74) is -4.07. The Kier molecular flexibility index (Phi) is 6.87. The fourth-order valence-corrected chi connectivity index (χ4v) is 3.85. The minimum atomic E-state index is -4.12. The number of halogens is 3. The van der Waals surface area contributed by atoms with Gasteiger partial charge in [0, 0.05) is 36.5 Å². The van der Waals surface area contributed by atoms with Gasteiger partial charge in [-0.15, -0.1) is 0 Å². The molecule has 1 rings (SSSR count). The Bertz CT molecular complexity index is 313. The molecule has 21 heavy (non-hydrogen) atoms. The largest absolute Gasteiger partial charge is 0.441 e. The van der Waals surface area contributed by atoms with Crippen LogP contribution < -0.4 is 5.32 Å². The number of nitrogens with zero attached hydrogens (tertiary/aromatic N) is 1. The van der Waals surface area contributed by atoms with E-state index in [9.17, 15) is 13.2 Å². The van der Waals surface area contributed by atoms with Crippen LogP contribution in [0.25, 0.3) is 0 Å². The number of rotatable bonds is 7. The van der Waals surface area contributed by atoms with Crippen LogP contribution in [0.3, 0.4) is 0 Å². The topological polar surface area (TPSA) is 15.3 Å². The number of hydrogen-bond donors (Lipinski definition) is 1. The van der Waals surface area contributed by atoms with Crippen LogP contribution in [-0.2, 0) is 0 Å². The fraction of sp³-hybridized carbons (Fsp3) is 1.00. The van der Waals surface area contributed by atoms with Crippen LogP contribution in [0, 0.1) is 0 Å². The maximum atomic E-state index is 12.4. The second-order valence-corrected chi connectivity index (χ2v) is 7.15. The van der Waals surface area contributed by atoms with Crippen LogP contribution in [0.4, 0.5) is 13.2 Å². The molecule has 1 fully saturated rings. The second-order valence-electron chi connectivity index (χ2n) is 5.99. The van der Waals surface area contributed by atoms with E-state index < -0.39 is 5.51 Å². The Morgan fingerprint density at radius 1 is 1.05 bits per heavy atom. The highest BCUT2D eigenvalue weighted by Gasteiger charge is 2.44. The first-order valence-electron chi connectivity index (χ1n) is 7.97. The zero-order valence-corrected chi connectivity index (χ0v) is 14.5. The molecule has 6 heteroatoms. The Hall–Kier alpha value is 0.0600. The Morgan fingerprint density at radius 3 is 2.05 bits per heavy atom. The van der Waals surface area contributed by atoms with Gasteiger partial charge in [0.1, 0.15) is 0 Å². The first-order valence-corrected chi connectivity index (χ1v) is 8.95. The maximum Gasteiger partial charge on any atom is 0.441 e. The van der Waals surface area contributed by atoms with E-state index in [1.807, 2.05) is 0 Å². The van der Waals surface area contributed by atoms with E-state index in [0.717, 1.165) is 38.8 Å². The summed E-state index contributed by atoms with van der Waals surface area (Å²) in [6.45, 7) is 10.8. The average Bonchev–Trinajstić information content (AvgIpc) is 2.46. The Morgan fingerprint density at radius 2 is 1.62 bits per heavy atom. The van der Waals surface area contributed by atoms with Crippen LogP contribution >= 0.6 is 11.8 Å². The lowest BCUT2D eigenvalue weighted by atomic mass is 9.80. The van der Waals surface area contributed by atoms with Gasteiger partial charge in [-0.1, -0.05) is 27.7 Å². The van der Waals surface area contributed by atoms with E-state index in [-0.39, 0.29) is 28.6 Å². The van der Waals surface area contributed by atoms with Gasteiger partial charge in [-0.25, -0.2) is 0 Å². The zero-order valence-electron chi connectivity index (χ0n) is 13.6. The third-order valence-corrected chi connectivity index (χ3v) is 5.97. The predicted molar refractivity (Wildman–Crippen MR) is 84.7 cm³/mol. The fourth-order valence-electron chi connectivity index (χ4n) is 3.31. The van der Waals surface area contributed by atoms with Crippen molar-refractivity contribution in [3.05, 3.63) is 0 Å². The number of piperazine rings is 1. The molecule has 0 aromatic rings. The molecule has 0 unspecified atom stereocenters. The predicted octanol–water partition coefficient (Wildman–Crippen LogP) is 4.26. The molecule has 1 saturated heterocycles. The molecule has 0 aromatic heterocycles. The third-order valence-electron chi connectivity index (χ3n) is 5.25. The molecular weight excluding hydrogens is 297 g/mol. The molecule has 126 valence electrons. The summed E-state index contributed by atoms with van der Waals surface area (Å²) >= 11 is 0.102. The van der Waals surface area contributed by atoms with Crippen molar-refractivity contribution in [1.82, 2.24) is 10.2 Å². The molecule has 1 N–H and O–H groups in total. The Labute approximate surface area is 131 Å². The van der Waals surface area contributed by atoms with Gasteiger partial charge in [0.2, 0.25) is 0 Å². The van der Waals surface area contributed by atoms with E-state index in [2.05, 4.69) is 37.9 Å². The number of hydrogen-bond acceptors (Lipinski definition) is 3. The highest BCUT2D eigenvalue weighted by Crippen LogP contribution is 2.35. The van der Waals surface area contributed by atoms with Crippen LogP contribution in [0.15, 0.2) is 0 Å². The van der Waals surface area contributed by atoms with Gasteiger partial charge in [0.15, 0.2) is 0 Å². The van der Waals surface area contributed by atoms with Crippen LogP contribution in [-0.4, -0.2) is 46.9 Å². The third kappa shape index (κ3) is 4.76. The molecule has 0 aliphatic carbocycles. The number of thioether (sulfide) groups is 1. The molecule has 0 atom stereocenters. The Balaban J connectivity index is 2.79. The zero-order chi connectivity index (χ0) is 16.1. The summed E-state index contributed by atoms with van der Waals surface area (Å²) in [4.78, 5) is 2.31. The van der Waals surface area contributed by atoms with E-state index in [0.29, 0.717) is 6.54 Å². The first-order chi connectivity index (χ1) is 9.76. The van der Waals surface area contributed by atoms with Gasteiger partial charge in [0.25, 0.3) is 0 Å². The number of nitrogens with one attached hydrogen (secondary N) is 1. The van der Waals surface area contributed by atoms with Crippen molar-refractivity contribution >= 4 is 11.8 Å². The summed E-state index contributed by atoms with van der Waals surface area (Å²) in [6, 6.07) is 0. The van der Waals surface area contributed by atoms with Gasteiger partial charge in [-0.3, -0.25) is 4.90 Å². The number of alkyl halides is 3. The smallest absolute Gasteiger partial charge is 0.308 e. The molecule has 0 saturated carbocycles. The summed E-state index contributed by atoms with van der Waals surface area (Å²) in [6.07, 6.45) is 3.96. The molecule has 0 radical (unpaired) electrons. The lowest BCUT2D eigenvalue weighted by Crippen LogP contribution is -2.69. The van der Waals surface area contributed by atoms with Crippen molar-refractivity contribution in [2.24, 2.45) is 0 Å². The lowest BCUT2D eigenvalue weighted by Gasteiger charge is -2.54. The van der Waals surface area contributed by atoms with E-state index >= 15 is 0 Å². The van der Waals surface area contributed by atoms with Crippen molar-refractivity contribution in [2.45, 2.75) is 70.0 Å². The normalized spacial score (nSPS) is 22.4. The SMILES string of the molecule is CCC1(CC)CN(CCSC(F)(F)F)C(CC)(CC)CN1. The van der Waals surface area contributed by atoms with Crippen molar-refractivity contribution in [1.29, 1.82) is 0 Å². The van der Waals surface area contributed by atoms with Crippen molar-refractivity contribution < 1.29 is 13.2 Å². The van der Waals surface area contributed by atoms with Crippen LogP contribution in [0.2, 0.25) is 0 Å². The molecule has 1 aliphatic heterocycles. The summed E-state index contributed by atoms with van der Waals surface area (Å²) in [5.74, 6) is 0.120. The molecule has 1 heterocycles. The first kappa shape index (κ1) is 19.1. The van der Waals surface area contributed by atoms with E-state index in [1.54, 1.807) is 0 Å². The van der Waals surface area contributed by atoms with Crippen molar-refractivity contribution in [3.63, 3.8) is 0 Å². The van der Waals surface area contributed by atoms with Gasteiger partial charge in [0.05, 0.1) is 0 Å². The second kappa shape index (κ2) is 7.55. The standard InChI is InChI=1S/C15H29F3N2S/c1-5-13(6-2)12-20(9-10-21-15(16,17)18)14(7-3,8-4)11-19-13/h19H,5-12H2,1-4H3. The summed E-state index contributed by atoms with van der Waals surface area (Å²) < 4.78 is 37.1. The highest BCUT2D eigenvalue weighted by atomic mass is 32.2. The maximum absolute atomic E-state index is 12.4. The highest BCUT2D eigenvalue weighted by molar-refractivity contribution is 8.00. The molecule has 0 amide bonds. The van der Waals surface area contributed by atoms with E-state index in [4.69, 9.17) is 0 Å². The van der Waals surface area contributed by atoms with Gasteiger partial charge in [-0.05, 0) is 37.4 Å². The van der Waals surface area contributed by atoms with Crippen LogP contribution in [0.1, 0.15) is 53.4 Å². The molecule has 1 aliphatic rings. The van der Waals surface area contributed by atoms with Gasteiger partial charge < -0.3 is 5.32 Å². The lowest BCUT2D eigenvalue weighted by molar-refractivity contribution is -0.0337. The molecular formula is C15H29F3N2S. The minimum absolute atomic E-state index is 0.00000142. The summed E-state index contributed by atoms with van der Waals surface area (Å²) in [7, 11) is 0. The van der Waals surface area contributed by atoms with E-state index in [1.165, 1.54) is 0 Å². The van der Waals surface area contributed by atoms with Crippen LogP contribution in [0.5, 0.6) is 0 Å². The average molecular weight is 326 g/mol. The quantitative estimate of drug-likeness (QED) is 0.752. The summed E-state index contributed by atoms with van der Waals surface area (Å²) in [5, 5.41) is 3.69. The molecule has 2 nitrogen and oxygen atoms in total. The molecule has 0 bridgehead atoms.